The van der Waals surface area contributed by atoms with Crippen molar-refractivity contribution >= 4 is 17.7 Å². The molecule has 3 amide bonds. The molecule has 2 N–H and O–H groups in total. The van der Waals surface area contributed by atoms with E-state index in [1.807, 2.05) is 25.1 Å². The van der Waals surface area contributed by atoms with Gasteiger partial charge in [0.1, 0.15) is 11.8 Å². The predicted octanol–water partition coefficient (Wildman–Crippen LogP) is 0.295. The van der Waals surface area contributed by atoms with Gasteiger partial charge in [0, 0.05) is 6.42 Å². The second kappa shape index (κ2) is 6.18. The Kier molecular flexibility index (Phi) is 4.34. The lowest BCUT2D eigenvalue weighted by Gasteiger charge is -2.21. The SMILES string of the molecule is Cc1cccc(OCC(=O)NC2CCC(=O)NC2=O)c1. The van der Waals surface area contributed by atoms with Crippen LogP contribution >= 0.6 is 0 Å². The van der Waals surface area contributed by atoms with Crippen LogP contribution in [-0.2, 0) is 14.4 Å². The fourth-order valence-corrected chi connectivity index (χ4v) is 1.92. The molecule has 0 aliphatic carbocycles. The van der Waals surface area contributed by atoms with Crippen molar-refractivity contribution in [3.05, 3.63) is 29.8 Å². The molecule has 20 heavy (non-hydrogen) atoms. The monoisotopic (exact) mass is 276 g/mol. The standard InChI is InChI=1S/C14H16N2O4/c1-9-3-2-4-10(7-9)20-8-13(18)15-11-5-6-12(17)16-14(11)19/h2-4,7,11H,5-6,8H2,1H3,(H,15,18)(H,16,17,19). The predicted molar refractivity (Wildman–Crippen MR) is 71.0 cm³/mol. The number of hydrogen-bond donors (Lipinski definition) is 2. The molecule has 6 heteroatoms. The molecule has 0 spiro atoms. The van der Waals surface area contributed by atoms with E-state index in [0.29, 0.717) is 12.2 Å². The van der Waals surface area contributed by atoms with Crippen LogP contribution in [0.2, 0.25) is 0 Å². The van der Waals surface area contributed by atoms with Gasteiger partial charge in [-0.15, -0.1) is 0 Å². The topological polar surface area (TPSA) is 84.5 Å². The molecular weight excluding hydrogens is 260 g/mol. The average molecular weight is 276 g/mol. The maximum absolute atomic E-state index is 11.7. The van der Waals surface area contributed by atoms with E-state index in [1.54, 1.807) is 6.07 Å². The summed E-state index contributed by atoms with van der Waals surface area (Å²) in [5, 5.41) is 4.73. The normalized spacial score (nSPS) is 18.4. The van der Waals surface area contributed by atoms with Crippen molar-refractivity contribution in [2.75, 3.05) is 6.61 Å². The molecule has 6 nitrogen and oxygen atoms in total. The maximum Gasteiger partial charge on any atom is 0.258 e. The Hall–Kier alpha value is -2.37. The molecule has 1 heterocycles. The van der Waals surface area contributed by atoms with E-state index in [0.717, 1.165) is 5.56 Å². The third-order valence-electron chi connectivity index (χ3n) is 2.93. The highest BCUT2D eigenvalue weighted by atomic mass is 16.5. The Bertz CT molecular complexity index is 542. The summed E-state index contributed by atoms with van der Waals surface area (Å²) in [6, 6.07) is 6.67. The first-order valence-electron chi connectivity index (χ1n) is 6.37. The lowest BCUT2D eigenvalue weighted by molar-refractivity contribution is -0.137. The van der Waals surface area contributed by atoms with Crippen molar-refractivity contribution in [2.45, 2.75) is 25.8 Å². The van der Waals surface area contributed by atoms with Gasteiger partial charge in [0.15, 0.2) is 6.61 Å². The summed E-state index contributed by atoms with van der Waals surface area (Å²) < 4.78 is 5.34. The fraction of sp³-hybridized carbons (Fsp3) is 0.357. The van der Waals surface area contributed by atoms with Crippen LogP contribution in [0.4, 0.5) is 0 Å². The van der Waals surface area contributed by atoms with Gasteiger partial charge in [-0.05, 0) is 31.0 Å². The van der Waals surface area contributed by atoms with Crippen LogP contribution in [-0.4, -0.2) is 30.4 Å². The van der Waals surface area contributed by atoms with Crippen LogP contribution < -0.4 is 15.4 Å². The van der Waals surface area contributed by atoms with Gasteiger partial charge in [-0.3, -0.25) is 19.7 Å². The fourth-order valence-electron chi connectivity index (χ4n) is 1.92. The highest BCUT2D eigenvalue weighted by molar-refractivity contribution is 6.01. The first kappa shape index (κ1) is 14.0. The van der Waals surface area contributed by atoms with Gasteiger partial charge in [-0.1, -0.05) is 12.1 Å². The van der Waals surface area contributed by atoms with E-state index in [1.165, 1.54) is 0 Å². The van der Waals surface area contributed by atoms with Crippen molar-refractivity contribution in [1.29, 1.82) is 0 Å². The van der Waals surface area contributed by atoms with Crippen molar-refractivity contribution < 1.29 is 19.1 Å². The molecule has 0 radical (unpaired) electrons. The van der Waals surface area contributed by atoms with Gasteiger partial charge >= 0.3 is 0 Å². The Morgan fingerprint density at radius 3 is 2.95 bits per heavy atom. The summed E-state index contributed by atoms with van der Waals surface area (Å²) in [5.41, 5.74) is 1.04. The maximum atomic E-state index is 11.7. The van der Waals surface area contributed by atoms with Crippen LogP contribution in [0, 0.1) is 6.92 Å². The Morgan fingerprint density at radius 1 is 1.45 bits per heavy atom. The van der Waals surface area contributed by atoms with Crippen molar-refractivity contribution in [3.63, 3.8) is 0 Å². The van der Waals surface area contributed by atoms with Gasteiger partial charge in [0.25, 0.3) is 5.91 Å². The summed E-state index contributed by atoms with van der Waals surface area (Å²) in [5.74, 6) is -0.564. The Labute approximate surface area is 116 Å². The minimum Gasteiger partial charge on any atom is -0.484 e. The van der Waals surface area contributed by atoms with E-state index < -0.39 is 11.9 Å². The molecule has 2 rings (SSSR count). The molecule has 1 fully saturated rings. The molecule has 1 saturated heterocycles. The van der Waals surface area contributed by atoms with Crippen molar-refractivity contribution in [1.82, 2.24) is 10.6 Å². The summed E-state index contributed by atoms with van der Waals surface area (Å²) in [7, 11) is 0. The number of imide groups is 1. The van der Waals surface area contributed by atoms with Crippen LogP contribution in [0.1, 0.15) is 18.4 Å². The highest BCUT2D eigenvalue weighted by Gasteiger charge is 2.27. The zero-order valence-electron chi connectivity index (χ0n) is 11.1. The molecule has 0 aromatic heterocycles. The molecule has 0 bridgehead atoms. The van der Waals surface area contributed by atoms with Crippen LogP contribution in [0.3, 0.4) is 0 Å². The average Bonchev–Trinajstić information content (AvgIpc) is 2.40. The van der Waals surface area contributed by atoms with Crippen LogP contribution in [0.15, 0.2) is 24.3 Å². The number of carbonyl (C=O) groups is 3. The molecule has 1 atom stereocenters. The number of amides is 3. The molecule has 1 aromatic rings. The number of carbonyl (C=O) groups excluding carboxylic acids is 3. The highest BCUT2D eigenvalue weighted by Crippen LogP contribution is 2.12. The van der Waals surface area contributed by atoms with Crippen molar-refractivity contribution in [2.24, 2.45) is 0 Å². The quantitative estimate of drug-likeness (QED) is 0.774. The second-order valence-corrected chi connectivity index (χ2v) is 4.68. The van der Waals surface area contributed by atoms with E-state index in [9.17, 15) is 14.4 Å². The van der Waals surface area contributed by atoms with Crippen LogP contribution in [0.25, 0.3) is 0 Å². The summed E-state index contributed by atoms with van der Waals surface area (Å²) >= 11 is 0. The third kappa shape index (κ3) is 3.81. The zero-order valence-corrected chi connectivity index (χ0v) is 11.1. The first-order chi connectivity index (χ1) is 9.54. The number of nitrogens with one attached hydrogen (secondary N) is 2. The lowest BCUT2D eigenvalue weighted by Crippen LogP contribution is -2.53. The van der Waals surface area contributed by atoms with Gasteiger partial charge in [0.05, 0.1) is 0 Å². The molecular formula is C14H16N2O4. The number of rotatable bonds is 4. The Balaban J connectivity index is 1.81. The van der Waals surface area contributed by atoms with Crippen LogP contribution in [0.5, 0.6) is 5.75 Å². The summed E-state index contributed by atoms with van der Waals surface area (Å²) in [6.45, 7) is 1.76. The number of hydrogen-bond acceptors (Lipinski definition) is 4. The van der Waals surface area contributed by atoms with Gasteiger partial charge in [-0.2, -0.15) is 0 Å². The van der Waals surface area contributed by atoms with E-state index in [4.69, 9.17) is 4.74 Å². The smallest absolute Gasteiger partial charge is 0.258 e. The van der Waals surface area contributed by atoms with Gasteiger partial charge in [-0.25, -0.2) is 0 Å². The third-order valence-corrected chi connectivity index (χ3v) is 2.93. The minimum absolute atomic E-state index is 0.165. The second-order valence-electron chi connectivity index (χ2n) is 4.68. The molecule has 1 aliphatic heterocycles. The first-order valence-corrected chi connectivity index (χ1v) is 6.37. The molecule has 1 unspecified atom stereocenters. The minimum atomic E-state index is -0.665. The van der Waals surface area contributed by atoms with Crippen molar-refractivity contribution in [3.8, 4) is 5.75 Å². The summed E-state index contributed by atoms with van der Waals surface area (Å²) in [4.78, 5) is 34.1. The largest absolute Gasteiger partial charge is 0.484 e. The van der Waals surface area contributed by atoms with Gasteiger partial charge in [0.2, 0.25) is 11.8 Å². The zero-order chi connectivity index (χ0) is 14.5. The van der Waals surface area contributed by atoms with E-state index in [2.05, 4.69) is 10.6 Å². The molecule has 106 valence electrons. The van der Waals surface area contributed by atoms with Gasteiger partial charge < -0.3 is 10.1 Å². The summed E-state index contributed by atoms with van der Waals surface area (Å²) in [6.07, 6.45) is 0.552. The Morgan fingerprint density at radius 2 is 2.25 bits per heavy atom. The lowest BCUT2D eigenvalue weighted by atomic mass is 10.1. The molecule has 1 aliphatic rings. The van der Waals surface area contributed by atoms with E-state index >= 15 is 0 Å². The molecule has 0 saturated carbocycles. The number of benzene rings is 1. The molecule has 1 aromatic carbocycles. The van der Waals surface area contributed by atoms with E-state index in [-0.39, 0.29) is 24.8 Å². The number of piperidine rings is 1. The number of ether oxygens (including phenoxy) is 1. The number of aryl methyl sites for hydroxylation is 1.